The van der Waals surface area contributed by atoms with Crippen molar-refractivity contribution in [2.45, 2.75) is 33.1 Å². The van der Waals surface area contributed by atoms with Crippen LogP contribution in [0, 0.1) is 6.92 Å². The molecule has 2 aliphatic heterocycles. The molecule has 0 radical (unpaired) electrons. The molecule has 0 bridgehead atoms. The molecule has 0 spiro atoms. The van der Waals surface area contributed by atoms with Gasteiger partial charge in [0.2, 0.25) is 5.91 Å². The first-order valence-corrected chi connectivity index (χ1v) is 8.42. The molecule has 1 aromatic rings. The quantitative estimate of drug-likeness (QED) is 0.827. The van der Waals surface area contributed by atoms with Gasteiger partial charge in [0.05, 0.1) is 6.61 Å². The number of aryl methyl sites for hydroxylation is 2. The smallest absolute Gasteiger partial charge is 0.256 e. The number of fused-ring (bicyclic) bond motifs is 1. The summed E-state index contributed by atoms with van der Waals surface area (Å²) in [5.74, 6) is 0.416. The van der Waals surface area contributed by atoms with Crippen molar-refractivity contribution in [3.8, 4) is 0 Å². The van der Waals surface area contributed by atoms with Crippen molar-refractivity contribution in [3.05, 3.63) is 58.9 Å². The number of anilines is 2. The lowest BCUT2D eigenvalue weighted by molar-refractivity contribution is -0.116. The maximum absolute atomic E-state index is 12.8. The Balaban J connectivity index is 1.89. The molecule has 2 N–H and O–H groups in total. The van der Waals surface area contributed by atoms with Crippen LogP contribution in [0.5, 0.6) is 0 Å². The highest BCUT2D eigenvalue weighted by Gasteiger charge is 2.22. The fraction of sp³-hybridized carbons (Fsp3) is 0.300. The van der Waals surface area contributed by atoms with Gasteiger partial charge in [-0.05, 0) is 43.5 Å². The van der Waals surface area contributed by atoms with E-state index in [2.05, 4.69) is 17.2 Å². The van der Waals surface area contributed by atoms with Crippen molar-refractivity contribution < 1.29 is 14.3 Å². The lowest BCUT2D eigenvalue weighted by Gasteiger charge is -2.20. The van der Waals surface area contributed by atoms with Gasteiger partial charge in [-0.1, -0.05) is 18.7 Å². The van der Waals surface area contributed by atoms with E-state index in [0.717, 1.165) is 28.1 Å². The molecule has 2 aliphatic rings. The van der Waals surface area contributed by atoms with Gasteiger partial charge in [0.1, 0.15) is 5.76 Å². The van der Waals surface area contributed by atoms with E-state index in [4.69, 9.17) is 4.74 Å². The van der Waals surface area contributed by atoms with Crippen LogP contribution in [-0.2, 0) is 20.7 Å². The first-order chi connectivity index (χ1) is 12.0. The molecule has 25 heavy (non-hydrogen) atoms. The number of nitrogens with one attached hydrogen (secondary N) is 2. The van der Waals surface area contributed by atoms with E-state index in [1.807, 2.05) is 32.1 Å². The number of carbonyl (C=O) groups excluding carboxylic acids is 2. The van der Waals surface area contributed by atoms with E-state index in [0.29, 0.717) is 37.2 Å². The third-order valence-electron chi connectivity index (χ3n) is 4.43. The van der Waals surface area contributed by atoms with Gasteiger partial charge < -0.3 is 15.4 Å². The summed E-state index contributed by atoms with van der Waals surface area (Å²) in [6.07, 6.45) is 5.45. The Hall–Kier alpha value is -2.82. The summed E-state index contributed by atoms with van der Waals surface area (Å²) in [5.41, 5.74) is 4.99. The third-order valence-corrected chi connectivity index (χ3v) is 4.43. The Morgan fingerprint density at radius 3 is 2.80 bits per heavy atom. The number of hydrogen-bond acceptors (Lipinski definition) is 3. The fourth-order valence-corrected chi connectivity index (χ4v) is 3.22. The summed E-state index contributed by atoms with van der Waals surface area (Å²) >= 11 is 0. The van der Waals surface area contributed by atoms with Crippen molar-refractivity contribution in [1.82, 2.24) is 0 Å². The highest BCUT2D eigenvalue weighted by atomic mass is 16.5. The van der Waals surface area contributed by atoms with Crippen molar-refractivity contribution >= 4 is 23.2 Å². The number of benzene rings is 1. The van der Waals surface area contributed by atoms with Crippen LogP contribution in [0.3, 0.4) is 0 Å². The van der Waals surface area contributed by atoms with Crippen LogP contribution in [0.2, 0.25) is 0 Å². The van der Waals surface area contributed by atoms with Gasteiger partial charge in [-0.25, -0.2) is 0 Å². The highest BCUT2D eigenvalue weighted by Crippen LogP contribution is 2.31. The van der Waals surface area contributed by atoms with Crippen LogP contribution < -0.4 is 10.6 Å². The van der Waals surface area contributed by atoms with E-state index in [9.17, 15) is 9.59 Å². The van der Waals surface area contributed by atoms with Crippen LogP contribution in [-0.4, -0.2) is 18.4 Å². The lowest BCUT2D eigenvalue weighted by atomic mass is 9.98. The van der Waals surface area contributed by atoms with Gasteiger partial charge in [-0.15, -0.1) is 0 Å². The molecule has 0 unspecified atom stereocenters. The first-order valence-electron chi connectivity index (χ1n) is 8.42. The van der Waals surface area contributed by atoms with Gasteiger partial charge in [0.25, 0.3) is 5.91 Å². The molecule has 130 valence electrons. The predicted molar refractivity (Wildman–Crippen MR) is 98.3 cm³/mol. The summed E-state index contributed by atoms with van der Waals surface area (Å²) in [6.45, 7) is 8.23. The topological polar surface area (TPSA) is 67.4 Å². The molecular weight excluding hydrogens is 316 g/mol. The highest BCUT2D eigenvalue weighted by molar-refractivity contribution is 6.07. The summed E-state index contributed by atoms with van der Waals surface area (Å²) < 4.78 is 5.39. The summed E-state index contributed by atoms with van der Waals surface area (Å²) in [6, 6.07) is 3.80. The van der Waals surface area contributed by atoms with E-state index in [1.165, 1.54) is 0 Å². The maximum atomic E-state index is 12.8. The van der Waals surface area contributed by atoms with Crippen LogP contribution in [0.4, 0.5) is 11.4 Å². The molecule has 1 aromatic carbocycles. The van der Waals surface area contributed by atoms with Crippen molar-refractivity contribution in [1.29, 1.82) is 0 Å². The average Bonchev–Trinajstić information content (AvgIpc) is 2.99. The summed E-state index contributed by atoms with van der Waals surface area (Å²) in [7, 11) is 0. The monoisotopic (exact) mass is 338 g/mol. The number of allylic oxidation sites excluding steroid dienone is 2. The predicted octanol–water partition coefficient (Wildman–Crippen LogP) is 3.62. The third kappa shape index (κ3) is 3.50. The second-order valence-electron chi connectivity index (χ2n) is 6.24. The number of ether oxygens (including phenoxy) is 1. The molecule has 5 nitrogen and oxygen atoms in total. The van der Waals surface area contributed by atoms with E-state index < -0.39 is 0 Å². The van der Waals surface area contributed by atoms with Gasteiger partial charge in [-0.3, -0.25) is 9.59 Å². The normalized spacial score (nSPS) is 18.6. The lowest BCUT2D eigenvalue weighted by Crippen LogP contribution is -2.21. The van der Waals surface area contributed by atoms with Gasteiger partial charge in [0.15, 0.2) is 0 Å². The Kier molecular flexibility index (Phi) is 4.74. The molecule has 1 saturated heterocycles. The number of amides is 2. The van der Waals surface area contributed by atoms with Crippen molar-refractivity contribution in [2.24, 2.45) is 0 Å². The van der Waals surface area contributed by atoms with Gasteiger partial charge in [0, 0.05) is 35.4 Å². The Bertz CT molecular complexity index is 818. The SMILES string of the molecule is C=C1OCC/C1=C(/C=C\C)C(=O)Nc1cc(C)c2c(c1)CCC(=O)N2. The van der Waals surface area contributed by atoms with Crippen LogP contribution in [0.1, 0.15) is 30.9 Å². The zero-order chi connectivity index (χ0) is 18.0. The van der Waals surface area contributed by atoms with E-state index in [1.54, 1.807) is 6.08 Å². The largest absolute Gasteiger partial charge is 0.494 e. The van der Waals surface area contributed by atoms with Gasteiger partial charge >= 0.3 is 0 Å². The average molecular weight is 338 g/mol. The molecular formula is C20H22N2O3. The molecule has 0 aliphatic carbocycles. The van der Waals surface area contributed by atoms with Crippen molar-refractivity contribution in [3.63, 3.8) is 0 Å². The minimum atomic E-state index is -0.182. The van der Waals surface area contributed by atoms with E-state index >= 15 is 0 Å². The van der Waals surface area contributed by atoms with Crippen molar-refractivity contribution in [2.75, 3.05) is 17.2 Å². The van der Waals surface area contributed by atoms with Crippen LogP contribution in [0.25, 0.3) is 0 Å². The number of hydrogen-bond donors (Lipinski definition) is 2. The number of rotatable bonds is 3. The molecule has 0 saturated carbocycles. The fourth-order valence-electron chi connectivity index (χ4n) is 3.22. The molecule has 3 rings (SSSR count). The molecule has 2 heterocycles. The molecule has 0 aromatic heterocycles. The molecule has 1 fully saturated rings. The second kappa shape index (κ2) is 6.97. The molecule has 2 amide bonds. The maximum Gasteiger partial charge on any atom is 0.256 e. The minimum absolute atomic E-state index is 0.0345. The summed E-state index contributed by atoms with van der Waals surface area (Å²) in [5, 5.41) is 5.87. The molecule has 0 atom stereocenters. The second-order valence-corrected chi connectivity index (χ2v) is 6.24. The van der Waals surface area contributed by atoms with Crippen LogP contribution >= 0.6 is 0 Å². The zero-order valence-corrected chi connectivity index (χ0v) is 14.6. The Labute approximate surface area is 147 Å². The number of carbonyl (C=O) groups is 2. The minimum Gasteiger partial charge on any atom is -0.494 e. The standard InChI is InChI=1S/C20H22N2O3/c1-4-5-17(16-8-9-25-13(16)3)20(24)21-15-10-12(2)19-14(11-15)6-7-18(23)22-19/h4-5,10-11H,3,6-9H2,1-2H3,(H,21,24)(H,22,23)/b5-4-,17-16+. The first kappa shape index (κ1) is 17.0. The zero-order valence-electron chi connectivity index (χ0n) is 14.6. The van der Waals surface area contributed by atoms with Crippen LogP contribution in [0.15, 0.2) is 47.8 Å². The Morgan fingerprint density at radius 1 is 1.32 bits per heavy atom. The Morgan fingerprint density at radius 2 is 2.12 bits per heavy atom. The summed E-state index contributed by atoms with van der Waals surface area (Å²) in [4.78, 5) is 24.3. The van der Waals surface area contributed by atoms with Gasteiger partial charge in [-0.2, -0.15) is 0 Å². The molecule has 5 heteroatoms. The van der Waals surface area contributed by atoms with E-state index in [-0.39, 0.29) is 11.8 Å².